The van der Waals surface area contributed by atoms with E-state index in [9.17, 15) is 19.8 Å². The van der Waals surface area contributed by atoms with Crippen LogP contribution in [0, 0.1) is 17.3 Å². The molecule has 0 bridgehead atoms. The lowest BCUT2D eigenvalue weighted by molar-refractivity contribution is -0.115. The van der Waals surface area contributed by atoms with Gasteiger partial charge in [-0.2, -0.15) is 0 Å². The Morgan fingerprint density at radius 3 is 2.62 bits per heavy atom. The van der Waals surface area contributed by atoms with Gasteiger partial charge in [-0.05, 0) is 79.9 Å². The Bertz CT molecular complexity index is 1110. The zero-order chi connectivity index (χ0) is 24.3. The van der Waals surface area contributed by atoms with Crippen LogP contribution in [-0.4, -0.2) is 33.6 Å². The third kappa shape index (κ3) is 3.52. The number of allylic oxidation sites excluding steroid dienone is 3. The van der Waals surface area contributed by atoms with Crippen molar-refractivity contribution in [1.82, 2.24) is 0 Å². The lowest BCUT2D eigenvalue weighted by Crippen LogP contribution is -2.53. The summed E-state index contributed by atoms with van der Waals surface area (Å²) in [5.41, 5.74) is 4.13. The van der Waals surface area contributed by atoms with Crippen molar-refractivity contribution >= 4 is 17.4 Å². The van der Waals surface area contributed by atoms with Gasteiger partial charge >= 0.3 is 0 Å². The van der Waals surface area contributed by atoms with Gasteiger partial charge in [-0.3, -0.25) is 9.59 Å². The van der Waals surface area contributed by atoms with Crippen LogP contribution in [0.15, 0.2) is 59.2 Å². The normalized spacial score (nSPS) is 37.2. The number of hydrogen-bond donors (Lipinski definition) is 3. The van der Waals surface area contributed by atoms with Gasteiger partial charge in [-0.15, -0.1) is 0 Å². The summed E-state index contributed by atoms with van der Waals surface area (Å²) in [6, 6.07) is 7.98. The first kappa shape index (κ1) is 23.3. The third-order valence-electron chi connectivity index (χ3n) is 9.05. The molecular formula is C29H35NO4. The van der Waals surface area contributed by atoms with E-state index in [2.05, 4.69) is 24.4 Å². The fraction of sp³-hybridized carbons (Fsp3) is 0.517. The molecule has 0 aromatic heterocycles. The second-order valence-corrected chi connectivity index (χ2v) is 10.9. The molecule has 1 aromatic carbocycles. The molecule has 5 nitrogen and oxygen atoms in total. The quantitative estimate of drug-likeness (QED) is 0.563. The lowest BCUT2D eigenvalue weighted by Gasteiger charge is -2.55. The fourth-order valence-electron chi connectivity index (χ4n) is 7.55. The molecule has 5 heteroatoms. The van der Waals surface area contributed by atoms with Crippen LogP contribution in [0.1, 0.15) is 70.8 Å². The van der Waals surface area contributed by atoms with E-state index >= 15 is 0 Å². The largest absolute Gasteiger partial charge is 0.392 e. The Morgan fingerprint density at radius 1 is 1.21 bits per heavy atom. The number of carbonyl (C=O) groups excluding carboxylic acids is 2. The highest BCUT2D eigenvalue weighted by Crippen LogP contribution is 2.67. The number of amides is 1. The van der Waals surface area contributed by atoms with E-state index in [4.69, 9.17) is 0 Å². The van der Waals surface area contributed by atoms with Gasteiger partial charge in [0.2, 0.25) is 5.91 Å². The van der Waals surface area contributed by atoms with Crippen molar-refractivity contribution in [3.63, 3.8) is 0 Å². The minimum atomic E-state index is -0.907. The topological polar surface area (TPSA) is 86.6 Å². The van der Waals surface area contributed by atoms with E-state index < -0.39 is 11.7 Å². The van der Waals surface area contributed by atoms with Gasteiger partial charge in [0.1, 0.15) is 0 Å². The van der Waals surface area contributed by atoms with E-state index in [0.717, 1.165) is 36.1 Å². The van der Waals surface area contributed by atoms with E-state index in [1.165, 1.54) is 18.1 Å². The highest BCUT2D eigenvalue weighted by atomic mass is 16.3. The molecule has 180 valence electrons. The van der Waals surface area contributed by atoms with Crippen LogP contribution in [0.4, 0.5) is 5.69 Å². The summed E-state index contributed by atoms with van der Waals surface area (Å²) in [6.07, 6.45) is 9.21. The summed E-state index contributed by atoms with van der Waals surface area (Å²) in [6.45, 7) is 5.65. The van der Waals surface area contributed by atoms with E-state index in [-0.39, 0.29) is 34.9 Å². The summed E-state index contributed by atoms with van der Waals surface area (Å²) >= 11 is 0. The van der Waals surface area contributed by atoms with Crippen LogP contribution in [0.3, 0.4) is 0 Å². The Labute approximate surface area is 201 Å². The molecule has 1 amide bonds. The monoisotopic (exact) mass is 461 g/mol. The predicted octanol–water partition coefficient (Wildman–Crippen LogP) is 4.82. The van der Waals surface area contributed by atoms with Crippen molar-refractivity contribution < 1.29 is 19.8 Å². The van der Waals surface area contributed by atoms with Crippen molar-refractivity contribution in [2.45, 2.75) is 76.9 Å². The highest BCUT2D eigenvalue weighted by Gasteiger charge is 2.63. The van der Waals surface area contributed by atoms with Crippen LogP contribution in [0.5, 0.6) is 0 Å². The predicted molar refractivity (Wildman–Crippen MR) is 132 cm³/mol. The number of nitrogens with one attached hydrogen (secondary N) is 1. The van der Waals surface area contributed by atoms with Gasteiger partial charge in [-0.25, -0.2) is 0 Å². The molecule has 0 aliphatic heterocycles. The molecule has 3 N–H and O–H groups in total. The number of rotatable bonds is 3. The second kappa shape index (κ2) is 8.31. The maximum Gasteiger partial charge on any atom is 0.221 e. The summed E-state index contributed by atoms with van der Waals surface area (Å²) in [5, 5.41) is 26.1. The summed E-state index contributed by atoms with van der Waals surface area (Å²) in [5.74, 6) is 0.225. The number of fused-ring (bicyclic) bond motifs is 4. The summed E-state index contributed by atoms with van der Waals surface area (Å²) in [7, 11) is 0. The van der Waals surface area contributed by atoms with Crippen molar-refractivity contribution in [2.75, 3.05) is 5.32 Å². The standard InChI is InChI=1S/C29H35NO4/c1-4-12-29(34)13-11-24-27-25(33)15-19-14-21(32)9-10-22(19)26(27)23(16-28(24,29)3)18-5-7-20(8-6-18)30-17(2)31/h4-8,12,14,23-25,27,33-34H,9-11,13,15-16H2,1-3H3,(H,30,31)/t23-,24+,25+,27-,28+,29+/m1/s1. The van der Waals surface area contributed by atoms with Gasteiger partial charge < -0.3 is 15.5 Å². The smallest absolute Gasteiger partial charge is 0.221 e. The van der Waals surface area contributed by atoms with Crippen LogP contribution in [0.2, 0.25) is 0 Å². The van der Waals surface area contributed by atoms with E-state index in [1.54, 1.807) is 6.08 Å². The third-order valence-corrected chi connectivity index (χ3v) is 9.05. The van der Waals surface area contributed by atoms with Crippen molar-refractivity contribution in [3.05, 3.63) is 64.8 Å². The van der Waals surface area contributed by atoms with Crippen LogP contribution in [-0.2, 0) is 9.59 Å². The number of carbonyl (C=O) groups is 2. The Morgan fingerprint density at radius 2 is 1.94 bits per heavy atom. The number of ketones is 1. The summed E-state index contributed by atoms with van der Waals surface area (Å²) in [4.78, 5) is 23.7. The van der Waals surface area contributed by atoms with Gasteiger partial charge in [0.15, 0.2) is 5.78 Å². The van der Waals surface area contributed by atoms with Crippen molar-refractivity contribution in [1.29, 1.82) is 0 Å². The average molecular weight is 462 g/mol. The number of benzene rings is 1. The molecule has 0 spiro atoms. The molecule has 34 heavy (non-hydrogen) atoms. The molecule has 0 radical (unpaired) electrons. The number of aliphatic hydroxyl groups is 2. The molecule has 2 saturated carbocycles. The van der Waals surface area contributed by atoms with E-state index in [0.29, 0.717) is 19.3 Å². The Balaban J connectivity index is 1.67. The van der Waals surface area contributed by atoms with Crippen LogP contribution < -0.4 is 5.32 Å². The SMILES string of the molecule is CC=C[C@]1(O)CC[C@H]2[C@H]3C(=C4CCC(=O)C=C4C[C@@H]3O)[C@@H](c3ccc(NC(C)=O)cc3)C[C@@]21C. The summed E-state index contributed by atoms with van der Waals surface area (Å²) < 4.78 is 0. The maximum atomic E-state index is 12.2. The zero-order valence-electron chi connectivity index (χ0n) is 20.3. The first-order chi connectivity index (χ1) is 16.2. The molecule has 0 unspecified atom stereocenters. The molecule has 5 rings (SSSR count). The minimum absolute atomic E-state index is 0.0293. The number of hydrogen-bond acceptors (Lipinski definition) is 4. The maximum absolute atomic E-state index is 12.2. The molecule has 4 aliphatic carbocycles. The number of aliphatic hydroxyl groups excluding tert-OH is 1. The number of anilines is 1. The lowest BCUT2D eigenvalue weighted by atomic mass is 9.50. The molecule has 0 saturated heterocycles. The van der Waals surface area contributed by atoms with Crippen LogP contribution >= 0.6 is 0 Å². The molecule has 6 atom stereocenters. The fourth-order valence-corrected chi connectivity index (χ4v) is 7.55. The first-order valence-corrected chi connectivity index (χ1v) is 12.6. The van der Waals surface area contributed by atoms with Crippen molar-refractivity contribution in [2.24, 2.45) is 17.3 Å². The molecule has 0 heterocycles. The highest BCUT2D eigenvalue weighted by molar-refractivity contribution is 5.93. The average Bonchev–Trinajstić information content (AvgIpc) is 3.03. The molecule has 4 aliphatic rings. The van der Waals surface area contributed by atoms with Crippen molar-refractivity contribution in [3.8, 4) is 0 Å². The Hall–Kier alpha value is -2.50. The zero-order valence-corrected chi connectivity index (χ0v) is 20.3. The Kier molecular flexibility index (Phi) is 5.69. The minimum Gasteiger partial charge on any atom is -0.392 e. The van der Waals surface area contributed by atoms with Gasteiger partial charge in [0, 0.05) is 36.3 Å². The first-order valence-electron chi connectivity index (χ1n) is 12.6. The van der Waals surface area contributed by atoms with Gasteiger partial charge in [0.05, 0.1) is 11.7 Å². The van der Waals surface area contributed by atoms with Crippen LogP contribution in [0.25, 0.3) is 0 Å². The molecule has 1 aromatic rings. The van der Waals surface area contributed by atoms with Gasteiger partial charge in [0.25, 0.3) is 0 Å². The molecular weight excluding hydrogens is 426 g/mol. The molecule has 2 fully saturated rings. The van der Waals surface area contributed by atoms with Gasteiger partial charge in [-0.1, -0.05) is 36.8 Å². The second-order valence-electron chi connectivity index (χ2n) is 10.9. The van der Waals surface area contributed by atoms with E-state index in [1.807, 2.05) is 31.2 Å².